The van der Waals surface area contributed by atoms with Crippen molar-refractivity contribution in [3.8, 4) is 17.1 Å². The lowest BCUT2D eigenvalue weighted by Crippen LogP contribution is -2.41. The number of furan rings is 1. The normalized spacial score (nSPS) is 10.6. The average Bonchev–Trinajstić information content (AvgIpc) is 3.31. The molecule has 0 aliphatic rings. The van der Waals surface area contributed by atoms with Crippen LogP contribution in [0.4, 0.5) is 0 Å². The van der Waals surface area contributed by atoms with Crippen LogP contribution in [0.15, 0.2) is 39.3 Å². The number of hydrazine groups is 1. The van der Waals surface area contributed by atoms with Crippen molar-refractivity contribution in [3.63, 3.8) is 0 Å². The summed E-state index contributed by atoms with van der Waals surface area (Å²) in [6.07, 6.45) is 0.324. The third-order valence-electron chi connectivity index (χ3n) is 4.06. The van der Waals surface area contributed by atoms with E-state index < -0.39 is 5.91 Å². The van der Waals surface area contributed by atoms with Crippen LogP contribution in [0, 0.1) is 13.8 Å². The molecule has 0 radical (unpaired) electrons. The van der Waals surface area contributed by atoms with E-state index in [9.17, 15) is 9.59 Å². The molecular weight excluding hydrogens is 376 g/mol. The lowest BCUT2D eigenvalue weighted by atomic mass is 10.2. The molecule has 0 bridgehead atoms. The van der Waals surface area contributed by atoms with Crippen LogP contribution in [0.5, 0.6) is 5.75 Å². The van der Waals surface area contributed by atoms with Gasteiger partial charge in [-0.15, -0.1) is 0 Å². The van der Waals surface area contributed by atoms with Crippen LogP contribution in [0.25, 0.3) is 11.4 Å². The number of carbonyl (C=O) groups is 2. The topological polar surface area (TPSA) is 119 Å². The van der Waals surface area contributed by atoms with Gasteiger partial charge >= 0.3 is 0 Å². The molecule has 9 nitrogen and oxygen atoms in total. The summed E-state index contributed by atoms with van der Waals surface area (Å²) in [4.78, 5) is 28.3. The van der Waals surface area contributed by atoms with Gasteiger partial charge in [-0.3, -0.25) is 20.4 Å². The van der Waals surface area contributed by atoms with Crippen LogP contribution in [-0.2, 0) is 11.2 Å². The van der Waals surface area contributed by atoms with E-state index in [1.54, 1.807) is 19.9 Å². The highest BCUT2D eigenvalue weighted by molar-refractivity contribution is 5.96. The number of carbonyl (C=O) groups excluding carboxylic acids is 2. The van der Waals surface area contributed by atoms with Crippen LogP contribution in [-0.4, -0.2) is 28.6 Å². The maximum absolute atomic E-state index is 12.0. The molecule has 2 amide bonds. The van der Waals surface area contributed by atoms with Crippen LogP contribution in [0.3, 0.4) is 0 Å². The number of amides is 2. The second-order valence-corrected chi connectivity index (χ2v) is 6.30. The fourth-order valence-corrected chi connectivity index (χ4v) is 2.67. The van der Waals surface area contributed by atoms with Gasteiger partial charge in [0.2, 0.25) is 17.6 Å². The van der Waals surface area contributed by atoms with Gasteiger partial charge < -0.3 is 13.7 Å². The Morgan fingerprint density at radius 1 is 1.14 bits per heavy atom. The Labute approximate surface area is 167 Å². The van der Waals surface area contributed by atoms with Gasteiger partial charge in [-0.2, -0.15) is 4.98 Å². The minimum absolute atomic E-state index is 0.0780. The first-order valence-corrected chi connectivity index (χ1v) is 9.18. The van der Waals surface area contributed by atoms with Crippen LogP contribution < -0.4 is 15.6 Å². The first-order valence-electron chi connectivity index (χ1n) is 9.18. The van der Waals surface area contributed by atoms with Gasteiger partial charge in [0.15, 0.2) is 0 Å². The van der Waals surface area contributed by atoms with Crippen molar-refractivity contribution in [3.05, 3.63) is 53.3 Å². The Morgan fingerprint density at radius 2 is 1.90 bits per heavy atom. The Balaban J connectivity index is 1.48. The summed E-state index contributed by atoms with van der Waals surface area (Å²) >= 11 is 0. The Bertz CT molecular complexity index is 991. The number of benzene rings is 1. The molecule has 0 spiro atoms. The summed E-state index contributed by atoms with van der Waals surface area (Å²) in [5, 5.41) is 3.93. The maximum Gasteiger partial charge on any atom is 0.273 e. The Kier molecular flexibility index (Phi) is 6.28. The molecule has 0 atom stereocenters. The van der Waals surface area contributed by atoms with Gasteiger partial charge in [-0.05, 0) is 51.1 Å². The molecule has 2 aromatic heterocycles. The average molecular weight is 398 g/mol. The minimum Gasteiger partial charge on any atom is -0.494 e. The van der Waals surface area contributed by atoms with Gasteiger partial charge in [0.1, 0.15) is 17.3 Å². The van der Waals surface area contributed by atoms with E-state index in [4.69, 9.17) is 13.7 Å². The molecule has 0 aliphatic carbocycles. The van der Waals surface area contributed by atoms with Crippen molar-refractivity contribution in [2.45, 2.75) is 33.6 Å². The minimum atomic E-state index is -0.441. The van der Waals surface area contributed by atoms with Gasteiger partial charge in [-0.25, -0.2) is 0 Å². The number of ether oxygens (including phenoxy) is 1. The van der Waals surface area contributed by atoms with Crippen molar-refractivity contribution in [2.75, 3.05) is 6.61 Å². The summed E-state index contributed by atoms with van der Waals surface area (Å²) in [6.45, 7) is 5.94. The highest BCUT2D eigenvalue weighted by atomic mass is 16.5. The van der Waals surface area contributed by atoms with Gasteiger partial charge in [0, 0.05) is 18.4 Å². The first kappa shape index (κ1) is 20.1. The van der Waals surface area contributed by atoms with Crippen LogP contribution >= 0.6 is 0 Å². The summed E-state index contributed by atoms with van der Waals surface area (Å²) in [7, 11) is 0. The molecule has 3 aromatic rings. The monoisotopic (exact) mass is 398 g/mol. The molecule has 9 heteroatoms. The number of hydrogen-bond donors (Lipinski definition) is 2. The second kappa shape index (κ2) is 9.05. The zero-order valence-electron chi connectivity index (χ0n) is 16.4. The molecule has 0 fully saturated rings. The predicted molar refractivity (Wildman–Crippen MR) is 103 cm³/mol. The summed E-state index contributed by atoms with van der Waals surface area (Å²) in [6, 6.07) is 8.93. The quantitative estimate of drug-likeness (QED) is 0.587. The molecule has 2 N–H and O–H groups in total. The Morgan fingerprint density at radius 3 is 2.55 bits per heavy atom. The number of nitrogens with one attached hydrogen (secondary N) is 2. The van der Waals surface area contributed by atoms with Crippen LogP contribution in [0.2, 0.25) is 0 Å². The molecule has 0 unspecified atom stereocenters. The number of aryl methyl sites for hydroxylation is 3. The fraction of sp³-hybridized carbons (Fsp3) is 0.300. The SMILES string of the molecule is CCOc1ccc(-c2noc(CCC(=O)NNC(=O)c3cc(C)oc3C)n2)cc1. The molecule has 0 saturated heterocycles. The van der Waals surface area contributed by atoms with Crippen molar-refractivity contribution in [1.82, 2.24) is 21.0 Å². The predicted octanol–water partition coefficient (Wildman–Crippen LogP) is 2.74. The molecule has 1 aromatic carbocycles. The van der Waals surface area contributed by atoms with Crippen molar-refractivity contribution >= 4 is 11.8 Å². The molecule has 152 valence electrons. The largest absolute Gasteiger partial charge is 0.494 e. The van der Waals surface area contributed by atoms with Gasteiger partial charge in [0.05, 0.1) is 12.2 Å². The number of hydrogen-bond acceptors (Lipinski definition) is 7. The molecular formula is C20H22N4O5. The molecule has 0 saturated carbocycles. The smallest absolute Gasteiger partial charge is 0.273 e. The van der Waals surface area contributed by atoms with E-state index in [1.807, 2.05) is 31.2 Å². The maximum atomic E-state index is 12.0. The third-order valence-corrected chi connectivity index (χ3v) is 4.06. The van der Waals surface area contributed by atoms with E-state index >= 15 is 0 Å². The van der Waals surface area contributed by atoms with Crippen molar-refractivity contribution in [1.29, 1.82) is 0 Å². The van der Waals surface area contributed by atoms with Gasteiger partial charge in [0.25, 0.3) is 5.91 Å². The highest BCUT2D eigenvalue weighted by Gasteiger charge is 2.15. The third kappa shape index (κ3) is 5.22. The molecule has 3 rings (SSSR count). The van der Waals surface area contributed by atoms with E-state index in [0.29, 0.717) is 35.4 Å². The van der Waals surface area contributed by atoms with E-state index in [0.717, 1.165) is 11.3 Å². The number of aromatic nitrogens is 2. The fourth-order valence-electron chi connectivity index (χ4n) is 2.67. The number of nitrogens with zero attached hydrogens (tertiary/aromatic N) is 2. The van der Waals surface area contributed by atoms with E-state index in [-0.39, 0.29) is 18.7 Å². The van der Waals surface area contributed by atoms with E-state index in [2.05, 4.69) is 21.0 Å². The second-order valence-electron chi connectivity index (χ2n) is 6.30. The highest BCUT2D eigenvalue weighted by Crippen LogP contribution is 2.20. The lowest BCUT2D eigenvalue weighted by Gasteiger charge is -2.05. The lowest BCUT2D eigenvalue weighted by molar-refractivity contribution is -0.121. The molecule has 2 heterocycles. The zero-order chi connectivity index (χ0) is 20.8. The van der Waals surface area contributed by atoms with Crippen molar-refractivity contribution in [2.24, 2.45) is 0 Å². The molecule has 29 heavy (non-hydrogen) atoms. The summed E-state index contributed by atoms with van der Waals surface area (Å²) < 4.78 is 15.9. The number of rotatable bonds is 7. The summed E-state index contributed by atoms with van der Waals surface area (Å²) in [5.41, 5.74) is 5.88. The standard InChI is InChI=1S/C20H22N4O5/c1-4-27-15-7-5-14(6-8-15)19-21-18(29-24-19)10-9-17(25)22-23-20(26)16-11-12(2)28-13(16)3/h5-8,11H,4,9-10H2,1-3H3,(H,22,25)(H,23,26). The van der Waals surface area contributed by atoms with Crippen molar-refractivity contribution < 1.29 is 23.3 Å². The first-order chi connectivity index (χ1) is 14.0. The summed E-state index contributed by atoms with van der Waals surface area (Å²) in [5.74, 6) is 1.82. The van der Waals surface area contributed by atoms with Gasteiger partial charge in [-0.1, -0.05) is 5.16 Å². The zero-order valence-corrected chi connectivity index (χ0v) is 16.4. The van der Waals surface area contributed by atoms with Crippen LogP contribution in [0.1, 0.15) is 41.1 Å². The molecule has 0 aliphatic heterocycles. The van der Waals surface area contributed by atoms with E-state index in [1.165, 1.54) is 0 Å². The Hall–Kier alpha value is -3.62.